The number of allylic oxidation sites excluding steroid dienone is 2. The number of amides is 1. The van der Waals surface area contributed by atoms with Crippen LogP contribution in [0.15, 0.2) is 54.6 Å². The maximum absolute atomic E-state index is 12.7. The lowest BCUT2D eigenvalue weighted by molar-refractivity contribution is 0.102. The van der Waals surface area contributed by atoms with Crippen molar-refractivity contribution in [1.82, 2.24) is 4.57 Å². The number of halogens is 2. The predicted molar refractivity (Wildman–Crippen MR) is 113 cm³/mol. The molecule has 3 aromatic rings. The predicted octanol–water partition coefficient (Wildman–Crippen LogP) is 5.59. The van der Waals surface area contributed by atoms with E-state index < -0.39 is 0 Å². The van der Waals surface area contributed by atoms with Gasteiger partial charge < -0.3 is 15.5 Å². The zero-order valence-corrected chi connectivity index (χ0v) is 16.6. The number of nitrogens with zero attached hydrogens (tertiary/aromatic N) is 1. The Morgan fingerprint density at radius 3 is 2.17 bits per heavy atom. The molecule has 0 saturated carbocycles. The molecule has 0 unspecified atom stereocenters. The Kier molecular flexibility index (Phi) is 4.12. The van der Waals surface area contributed by atoms with E-state index >= 15 is 0 Å². The van der Waals surface area contributed by atoms with Gasteiger partial charge in [-0.15, -0.1) is 0 Å². The molecular weight excluding hydrogens is 411 g/mol. The van der Waals surface area contributed by atoms with E-state index in [-0.39, 0.29) is 39.5 Å². The highest BCUT2D eigenvalue weighted by molar-refractivity contribution is 6.42. The smallest absolute Gasteiger partial charge is 0.255 e. The molecule has 5 nitrogen and oxygen atoms in total. The van der Waals surface area contributed by atoms with Crippen LogP contribution in [-0.2, 0) is 0 Å². The molecule has 2 aliphatic rings. The Balaban J connectivity index is 1.64. The third-order valence-electron chi connectivity index (χ3n) is 5.58. The first-order valence-electron chi connectivity index (χ1n) is 9.16. The summed E-state index contributed by atoms with van der Waals surface area (Å²) in [6.45, 7) is 0. The van der Waals surface area contributed by atoms with Crippen molar-refractivity contribution in [2.24, 2.45) is 0 Å². The fraction of sp³-hybridized carbons (Fsp3) is 0.136. The molecule has 29 heavy (non-hydrogen) atoms. The molecule has 0 radical (unpaired) electrons. The fourth-order valence-corrected chi connectivity index (χ4v) is 4.60. The topological polar surface area (TPSA) is 74.5 Å². The van der Waals surface area contributed by atoms with Crippen LogP contribution >= 0.6 is 23.2 Å². The molecule has 5 rings (SSSR count). The normalized spacial score (nSPS) is 18.8. The van der Waals surface area contributed by atoms with E-state index in [9.17, 15) is 15.0 Å². The number of anilines is 1. The van der Waals surface area contributed by atoms with Crippen LogP contribution < -0.4 is 5.32 Å². The Labute approximate surface area is 176 Å². The van der Waals surface area contributed by atoms with Crippen LogP contribution in [0.25, 0.3) is 5.69 Å². The first-order valence-corrected chi connectivity index (χ1v) is 9.92. The number of fused-ring (bicyclic) bond motifs is 5. The van der Waals surface area contributed by atoms with Crippen molar-refractivity contribution in [1.29, 1.82) is 0 Å². The molecule has 146 valence electrons. The number of rotatable bonds is 3. The van der Waals surface area contributed by atoms with Crippen LogP contribution in [0.4, 0.5) is 5.69 Å². The van der Waals surface area contributed by atoms with Gasteiger partial charge in [0.1, 0.15) is 0 Å². The number of hydrogen-bond acceptors (Lipinski definition) is 3. The van der Waals surface area contributed by atoms with Gasteiger partial charge in [0.15, 0.2) is 0 Å². The molecule has 1 aromatic heterocycles. The number of benzene rings is 2. The highest BCUT2D eigenvalue weighted by Gasteiger charge is 2.41. The van der Waals surface area contributed by atoms with E-state index in [2.05, 4.69) is 5.32 Å². The average Bonchev–Trinajstić information content (AvgIpc) is 3.39. The molecule has 0 aliphatic heterocycles. The monoisotopic (exact) mass is 426 g/mol. The van der Waals surface area contributed by atoms with Crippen molar-refractivity contribution in [2.75, 3.05) is 5.32 Å². The second-order valence-corrected chi connectivity index (χ2v) is 8.06. The van der Waals surface area contributed by atoms with Crippen LogP contribution in [0.3, 0.4) is 0 Å². The number of nitrogens with one attached hydrogen (secondary N) is 1. The number of carbonyl (C=O) groups is 1. The standard InChI is InChI=1S/C22H16Cl2N2O3/c23-14-9-16(25-20(27)11-4-2-1-3-5-11)17(10-15(14)24)26-21(28)18-12-6-7-13(8-12)19(18)22(26)29/h1-7,9-10,12-13,28-29H,8H2,(H,25,27)/t12-,13+. The first-order chi connectivity index (χ1) is 14.0. The van der Waals surface area contributed by atoms with Crippen molar-refractivity contribution >= 4 is 34.8 Å². The molecule has 2 aliphatic carbocycles. The van der Waals surface area contributed by atoms with Crippen molar-refractivity contribution in [2.45, 2.75) is 18.3 Å². The summed E-state index contributed by atoms with van der Waals surface area (Å²) in [5, 5.41) is 25.1. The Hall–Kier alpha value is -2.89. The summed E-state index contributed by atoms with van der Waals surface area (Å²) in [6, 6.07) is 11.8. The van der Waals surface area contributed by atoms with Crippen LogP contribution in [0.5, 0.6) is 11.8 Å². The zero-order valence-electron chi connectivity index (χ0n) is 15.1. The zero-order chi connectivity index (χ0) is 20.3. The molecular formula is C22H16Cl2N2O3. The maximum Gasteiger partial charge on any atom is 0.255 e. The van der Waals surface area contributed by atoms with Crippen molar-refractivity contribution < 1.29 is 15.0 Å². The first kappa shape index (κ1) is 18.2. The highest BCUT2D eigenvalue weighted by atomic mass is 35.5. The van der Waals surface area contributed by atoms with Crippen LogP contribution in [0, 0.1) is 0 Å². The Morgan fingerprint density at radius 2 is 1.55 bits per heavy atom. The van der Waals surface area contributed by atoms with E-state index in [1.165, 1.54) is 16.7 Å². The SMILES string of the molecule is O=C(Nc1cc(Cl)c(Cl)cc1-n1c(O)c2c(c1O)[C@H]1C=C[C@@H]2C1)c1ccccc1. The van der Waals surface area contributed by atoms with Gasteiger partial charge >= 0.3 is 0 Å². The van der Waals surface area contributed by atoms with Gasteiger partial charge in [-0.05, 0) is 30.7 Å². The molecule has 1 amide bonds. The minimum atomic E-state index is -0.342. The quantitative estimate of drug-likeness (QED) is 0.477. The summed E-state index contributed by atoms with van der Waals surface area (Å²) in [4.78, 5) is 12.7. The van der Waals surface area contributed by atoms with Crippen molar-refractivity contribution in [3.05, 3.63) is 81.4 Å². The molecule has 3 N–H and O–H groups in total. The van der Waals surface area contributed by atoms with E-state index in [4.69, 9.17) is 23.2 Å². The number of carbonyl (C=O) groups excluding carboxylic acids is 1. The van der Waals surface area contributed by atoms with Crippen molar-refractivity contribution in [3.8, 4) is 17.4 Å². The molecule has 0 fully saturated rings. The van der Waals surface area contributed by atoms with Crippen LogP contribution in [0.2, 0.25) is 10.0 Å². The van der Waals surface area contributed by atoms with Gasteiger partial charge in [-0.1, -0.05) is 53.6 Å². The van der Waals surface area contributed by atoms with Gasteiger partial charge in [0.05, 0.1) is 21.4 Å². The lowest BCUT2D eigenvalue weighted by atomic mass is 10.0. The molecule has 2 bridgehead atoms. The minimum absolute atomic E-state index is 0.0528. The van der Waals surface area contributed by atoms with Gasteiger partial charge in [0, 0.05) is 28.5 Å². The highest BCUT2D eigenvalue weighted by Crippen LogP contribution is 2.57. The van der Waals surface area contributed by atoms with Crippen LogP contribution in [-0.4, -0.2) is 20.7 Å². The summed E-state index contributed by atoms with van der Waals surface area (Å²) >= 11 is 12.4. The second kappa shape index (κ2) is 6.58. The van der Waals surface area contributed by atoms with E-state index in [1.54, 1.807) is 24.3 Å². The van der Waals surface area contributed by atoms with Gasteiger partial charge in [-0.2, -0.15) is 0 Å². The largest absolute Gasteiger partial charge is 0.494 e. The Bertz CT molecular complexity index is 1150. The third kappa shape index (κ3) is 2.73. The number of aromatic nitrogens is 1. The second-order valence-electron chi connectivity index (χ2n) is 7.25. The molecule has 0 saturated heterocycles. The number of hydrogen-bond donors (Lipinski definition) is 3. The third-order valence-corrected chi connectivity index (χ3v) is 6.31. The lowest BCUT2D eigenvalue weighted by Gasteiger charge is -2.16. The molecule has 2 aromatic carbocycles. The van der Waals surface area contributed by atoms with E-state index in [0.29, 0.717) is 16.9 Å². The average molecular weight is 427 g/mol. The molecule has 2 atom stereocenters. The maximum atomic E-state index is 12.7. The molecule has 0 spiro atoms. The van der Waals surface area contributed by atoms with Crippen LogP contribution in [0.1, 0.15) is 39.7 Å². The molecule has 7 heteroatoms. The van der Waals surface area contributed by atoms with Crippen molar-refractivity contribution in [3.63, 3.8) is 0 Å². The summed E-state index contributed by atoms with van der Waals surface area (Å²) in [7, 11) is 0. The lowest BCUT2D eigenvalue weighted by Crippen LogP contribution is -2.14. The van der Waals surface area contributed by atoms with Gasteiger partial charge in [0.2, 0.25) is 11.8 Å². The fourth-order valence-electron chi connectivity index (χ4n) is 4.27. The number of aromatic hydroxyl groups is 2. The summed E-state index contributed by atoms with van der Waals surface area (Å²) < 4.78 is 1.32. The van der Waals surface area contributed by atoms with Gasteiger partial charge in [0.25, 0.3) is 5.91 Å². The summed E-state index contributed by atoms with van der Waals surface area (Å²) in [5.41, 5.74) is 2.58. The van der Waals surface area contributed by atoms with E-state index in [1.807, 2.05) is 18.2 Å². The minimum Gasteiger partial charge on any atom is -0.494 e. The summed E-state index contributed by atoms with van der Waals surface area (Å²) in [6.07, 6.45) is 4.94. The van der Waals surface area contributed by atoms with Gasteiger partial charge in [-0.25, -0.2) is 4.57 Å². The van der Waals surface area contributed by atoms with Gasteiger partial charge in [-0.3, -0.25) is 4.79 Å². The van der Waals surface area contributed by atoms with E-state index in [0.717, 1.165) is 17.5 Å². The molecule has 1 heterocycles. The summed E-state index contributed by atoms with van der Waals surface area (Å²) in [5.74, 6) is -0.295. The Morgan fingerprint density at radius 1 is 0.966 bits per heavy atom.